The lowest BCUT2D eigenvalue weighted by Gasteiger charge is -2.27. The van der Waals surface area contributed by atoms with E-state index in [4.69, 9.17) is 4.74 Å². The molecule has 100 valence electrons. The first-order valence-electron chi connectivity index (χ1n) is 6.55. The van der Waals surface area contributed by atoms with E-state index in [1.54, 1.807) is 7.11 Å². The van der Waals surface area contributed by atoms with Gasteiger partial charge < -0.3 is 15.4 Å². The Balaban J connectivity index is 2.34. The van der Waals surface area contributed by atoms with Crippen molar-refractivity contribution in [3.05, 3.63) is 0 Å². The molecular formula is C13H26N2O2. The molecule has 1 fully saturated rings. The molecule has 0 aromatic heterocycles. The summed E-state index contributed by atoms with van der Waals surface area (Å²) in [4.78, 5) is 11.7. The van der Waals surface area contributed by atoms with Crippen LogP contribution in [-0.4, -0.2) is 38.8 Å². The molecule has 0 aromatic carbocycles. The summed E-state index contributed by atoms with van der Waals surface area (Å²) < 4.78 is 5.10. The number of amides is 1. The smallest absolute Gasteiger partial charge is 0.237 e. The molecular weight excluding hydrogens is 216 g/mol. The Morgan fingerprint density at radius 2 is 2.24 bits per heavy atom. The average molecular weight is 242 g/mol. The molecule has 0 spiro atoms. The molecule has 0 bridgehead atoms. The van der Waals surface area contributed by atoms with Gasteiger partial charge in [-0.2, -0.15) is 0 Å². The van der Waals surface area contributed by atoms with E-state index in [0.717, 1.165) is 45.4 Å². The van der Waals surface area contributed by atoms with Crippen molar-refractivity contribution in [2.75, 3.05) is 26.8 Å². The number of nitrogens with one attached hydrogen (secondary N) is 2. The first-order chi connectivity index (χ1) is 8.05. The van der Waals surface area contributed by atoms with Gasteiger partial charge in [0.1, 0.15) is 0 Å². The second kappa shape index (κ2) is 6.97. The topological polar surface area (TPSA) is 50.4 Å². The van der Waals surface area contributed by atoms with Crippen LogP contribution >= 0.6 is 0 Å². The number of carbonyl (C=O) groups is 1. The third-order valence-electron chi connectivity index (χ3n) is 3.35. The zero-order valence-electron chi connectivity index (χ0n) is 11.3. The Morgan fingerprint density at radius 1 is 1.47 bits per heavy atom. The standard InChI is InChI=1S/C13H26N2O2/c1-13(2,7-9-17-3)10-15-11-6-4-5-8-14-12(11)16/h11,15H,4-10H2,1-3H3,(H,14,16). The zero-order chi connectivity index (χ0) is 12.7. The third-order valence-corrected chi connectivity index (χ3v) is 3.35. The minimum Gasteiger partial charge on any atom is -0.385 e. The Morgan fingerprint density at radius 3 is 2.94 bits per heavy atom. The number of ether oxygens (including phenoxy) is 1. The van der Waals surface area contributed by atoms with Crippen LogP contribution in [-0.2, 0) is 9.53 Å². The second-order valence-electron chi connectivity index (χ2n) is 5.63. The molecule has 1 unspecified atom stereocenters. The molecule has 1 heterocycles. The second-order valence-corrected chi connectivity index (χ2v) is 5.63. The van der Waals surface area contributed by atoms with Gasteiger partial charge in [0.2, 0.25) is 5.91 Å². The molecule has 0 saturated carbocycles. The third kappa shape index (κ3) is 5.50. The van der Waals surface area contributed by atoms with Gasteiger partial charge in [-0.1, -0.05) is 13.8 Å². The van der Waals surface area contributed by atoms with Crippen LogP contribution in [0.4, 0.5) is 0 Å². The Kier molecular flexibility index (Phi) is 5.92. The number of hydrogen-bond acceptors (Lipinski definition) is 3. The average Bonchev–Trinajstić information content (AvgIpc) is 2.49. The van der Waals surface area contributed by atoms with Gasteiger partial charge >= 0.3 is 0 Å². The minimum atomic E-state index is -0.0145. The van der Waals surface area contributed by atoms with E-state index in [1.165, 1.54) is 0 Å². The Hall–Kier alpha value is -0.610. The summed E-state index contributed by atoms with van der Waals surface area (Å²) in [5.41, 5.74) is 0.169. The van der Waals surface area contributed by atoms with Crippen molar-refractivity contribution < 1.29 is 9.53 Å². The van der Waals surface area contributed by atoms with Gasteiger partial charge in [-0.05, 0) is 31.1 Å². The van der Waals surface area contributed by atoms with Gasteiger partial charge in [-0.25, -0.2) is 0 Å². The lowest BCUT2D eigenvalue weighted by atomic mass is 9.89. The SMILES string of the molecule is COCCC(C)(C)CNC1CCCCNC1=O. The lowest BCUT2D eigenvalue weighted by Crippen LogP contribution is -2.46. The predicted molar refractivity (Wildman–Crippen MR) is 68.9 cm³/mol. The van der Waals surface area contributed by atoms with Crippen molar-refractivity contribution in [1.29, 1.82) is 0 Å². The van der Waals surface area contributed by atoms with Crippen molar-refractivity contribution in [2.45, 2.75) is 45.6 Å². The van der Waals surface area contributed by atoms with Crippen molar-refractivity contribution in [2.24, 2.45) is 5.41 Å². The van der Waals surface area contributed by atoms with Crippen LogP contribution in [0.25, 0.3) is 0 Å². The van der Waals surface area contributed by atoms with Crippen LogP contribution in [0.15, 0.2) is 0 Å². The van der Waals surface area contributed by atoms with E-state index < -0.39 is 0 Å². The highest BCUT2D eigenvalue weighted by molar-refractivity contribution is 5.81. The van der Waals surface area contributed by atoms with Gasteiger partial charge in [0.25, 0.3) is 0 Å². The highest BCUT2D eigenvalue weighted by atomic mass is 16.5. The number of rotatable bonds is 6. The molecule has 4 heteroatoms. The van der Waals surface area contributed by atoms with E-state index in [9.17, 15) is 4.79 Å². The van der Waals surface area contributed by atoms with E-state index >= 15 is 0 Å². The van der Waals surface area contributed by atoms with E-state index in [2.05, 4.69) is 24.5 Å². The van der Waals surface area contributed by atoms with Crippen LogP contribution in [0, 0.1) is 5.41 Å². The summed E-state index contributed by atoms with van der Waals surface area (Å²) in [5.74, 6) is 0.157. The quantitative estimate of drug-likeness (QED) is 0.738. The van der Waals surface area contributed by atoms with Crippen LogP contribution < -0.4 is 10.6 Å². The number of hydrogen-bond donors (Lipinski definition) is 2. The molecule has 4 nitrogen and oxygen atoms in total. The molecule has 1 saturated heterocycles. The fraction of sp³-hybridized carbons (Fsp3) is 0.923. The van der Waals surface area contributed by atoms with Crippen molar-refractivity contribution in [1.82, 2.24) is 10.6 Å². The van der Waals surface area contributed by atoms with Crippen LogP contribution in [0.2, 0.25) is 0 Å². The van der Waals surface area contributed by atoms with Gasteiger partial charge in [-0.3, -0.25) is 4.79 Å². The molecule has 2 N–H and O–H groups in total. The summed E-state index contributed by atoms with van der Waals surface area (Å²) >= 11 is 0. The summed E-state index contributed by atoms with van der Waals surface area (Å²) in [7, 11) is 1.72. The fourth-order valence-corrected chi connectivity index (χ4v) is 2.00. The summed E-state index contributed by atoms with van der Waals surface area (Å²) in [6, 6.07) is -0.0145. The lowest BCUT2D eigenvalue weighted by molar-refractivity contribution is -0.122. The molecule has 1 aliphatic heterocycles. The summed E-state index contributed by atoms with van der Waals surface area (Å²) in [5, 5.41) is 6.34. The maximum absolute atomic E-state index is 11.7. The maximum atomic E-state index is 11.7. The molecule has 1 rings (SSSR count). The van der Waals surface area contributed by atoms with E-state index in [1.807, 2.05) is 0 Å². The van der Waals surface area contributed by atoms with Crippen molar-refractivity contribution in [3.8, 4) is 0 Å². The largest absolute Gasteiger partial charge is 0.385 e. The van der Waals surface area contributed by atoms with Crippen molar-refractivity contribution >= 4 is 5.91 Å². The fourth-order valence-electron chi connectivity index (χ4n) is 2.00. The van der Waals surface area contributed by atoms with Crippen LogP contribution in [0.1, 0.15) is 39.5 Å². The molecule has 1 aliphatic rings. The molecule has 0 aliphatic carbocycles. The molecule has 1 atom stereocenters. The van der Waals surface area contributed by atoms with Gasteiger partial charge in [-0.15, -0.1) is 0 Å². The summed E-state index contributed by atoms with van der Waals surface area (Å²) in [6.07, 6.45) is 4.17. The Bertz CT molecular complexity index is 242. The van der Waals surface area contributed by atoms with Crippen molar-refractivity contribution in [3.63, 3.8) is 0 Å². The van der Waals surface area contributed by atoms with E-state index in [0.29, 0.717) is 0 Å². The maximum Gasteiger partial charge on any atom is 0.237 e. The zero-order valence-corrected chi connectivity index (χ0v) is 11.3. The molecule has 0 aromatic rings. The minimum absolute atomic E-state index is 0.0145. The van der Waals surface area contributed by atoms with Gasteiger partial charge in [0.05, 0.1) is 6.04 Å². The first-order valence-corrected chi connectivity index (χ1v) is 6.55. The molecule has 1 amide bonds. The Labute approximate surface area is 104 Å². The van der Waals surface area contributed by atoms with Gasteiger partial charge in [0, 0.05) is 26.8 Å². The highest BCUT2D eigenvalue weighted by Gasteiger charge is 2.24. The first kappa shape index (κ1) is 14.5. The monoisotopic (exact) mass is 242 g/mol. The predicted octanol–water partition coefficient (Wildman–Crippen LogP) is 1.31. The number of methoxy groups -OCH3 is 1. The highest BCUT2D eigenvalue weighted by Crippen LogP contribution is 2.19. The molecule has 0 radical (unpaired) electrons. The summed E-state index contributed by atoms with van der Waals surface area (Å²) in [6.45, 7) is 6.85. The molecule has 17 heavy (non-hydrogen) atoms. The normalized spacial score (nSPS) is 22.1. The van der Waals surface area contributed by atoms with E-state index in [-0.39, 0.29) is 17.4 Å². The van der Waals surface area contributed by atoms with Crippen LogP contribution in [0.5, 0.6) is 0 Å². The van der Waals surface area contributed by atoms with Crippen LogP contribution in [0.3, 0.4) is 0 Å². The van der Waals surface area contributed by atoms with Gasteiger partial charge in [0.15, 0.2) is 0 Å². The number of carbonyl (C=O) groups excluding carboxylic acids is 1.